The molecule has 0 bridgehead atoms. The van der Waals surface area contributed by atoms with Crippen molar-refractivity contribution in [1.82, 2.24) is 19.8 Å². The lowest BCUT2D eigenvalue weighted by atomic mass is 9.98. The standard InChI is InChI=1S/C27H44N6O3/c1-2-36-26(35)13-7-12-25(34)33-19-9-11-23(21-33)32-18-8-10-22(20-32)29-27-28-15-14-24(30-27)31-16-5-3-4-6-17-31/h14-15,22-23H,2-13,16-21H2,1H3,(H,28,29,30). The normalized spacial score (nSPS) is 23.7. The summed E-state index contributed by atoms with van der Waals surface area (Å²) in [6.07, 6.45) is 12.7. The first-order chi connectivity index (χ1) is 17.6. The van der Waals surface area contributed by atoms with Gasteiger partial charge in [-0.2, -0.15) is 4.98 Å². The number of nitrogens with one attached hydrogen (secondary N) is 1. The van der Waals surface area contributed by atoms with E-state index in [0.717, 1.165) is 76.7 Å². The smallest absolute Gasteiger partial charge is 0.305 e. The number of ether oxygens (including phenoxy) is 1. The van der Waals surface area contributed by atoms with Crippen molar-refractivity contribution in [2.75, 3.05) is 56.1 Å². The lowest BCUT2D eigenvalue weighted by molar-refractivity contribution is -0.143. The van der Waals surface area contributed by atoms with E-state index >= 15 is 0 Å². The second-order valence-electron chi connectivity index (χ2n) is 10.4. The number of esters is 1. The molecule has 3 aliphatic heterocycles. The Kier molecular flexibility index (Phi) is 10.2. The van der Waals surface area contributed by atoms with Gasteiger partial charge < -0.3 is 19.9 Å². The van der Waals surface area contributed by atoms with Crippen molar-refractivity contribution in [3.63, 3.8) is 0 Å². The number of carbonyl (C=O) groups excluding carboxylic acids is 2. The van der Waals surface area contributed by atoms with Crippen LogP contribution in [0.25, 0.3) is 0 Å². The van der Waals surface area contributed by atoms with Crippen molar-refractivity contribution in [2.45, 2.75) is 89.6 Å². The molecule has 0 spiro atoms. The largest absolute Gasteiger partial charge is 0.466 e. The van der Waals surface area contributed by atoms with Gasteiger partial charge >= 0.3 is 5.97 Å². The van der Waals surface area contributed by atoms with Crippen LogP contribution < -0.4 is 10.2 Å². The summed E-state index contributed by atoms with van der Waals surface area (Å²) in [5.74, 6) is 1.71. The van der Waals surface area contributed by atoms with Crippen LogP contribution in [0, 0.1) is 0 Å². The van der Waals surface area contributed by atoms with E-state index in [1.54, 1.807) is 6.92 Å². The Bertz CT molecular complexity index is 845. The van der Waals surface area contributed by atoms with Gasteiger partial charge in [-0.3, -0.25) is 14.5 Å². The highest BCUT2D eigenvalue weighted by Crippen LogP contribution is 2.23. The number of likely N-dealkylation sites (tertiary alicyclic amines) is 2. The third-order valence-corrected chi connectivity index (χ3v) is 7.70. The van der Waals surface area contributed by atoms with Gasteiger partial charge in [-0.05, 0) is 64.5 Å². The van der Waals surface area contributed by atoms with Crippen molar-refractivity contribution in [2.24, 2.45) is 0 Å². The van der Waals surface area contributed by atoms with Crippen LogP contribution in [0.4, 0.5) is 11.8 Å². The van der Waals surface area contributed by atoms with Crippen LogP contribution >= 0.6 is 0 Å². The Morgan fingerprint density at radius 3 is 2.61 bits per heavy atom. The summed E-state index contributed by atoms with van der Waals surface area (Å²) in [4.78, 5) is 40.7. The molecule has 1 N–H and O–H groups in total. The summed E-state index contributed by atoms with van der Waals surface area (Å²) in [6, 6.07) is 2.74. The number of nitrogens with zero attached hydrogens (tertiary/aromatic N) is 5. The quantitative estimate of drug-likeness (QED) is 0.516. The van der Waals surface area contributed by atoms with Crippen molar-refractivity contribution < 1.29 is 14.3 Å². The molecule has 200 valence electrons. The summed E-state index contributed by atoms with van der Waals surface area (Å²) in [7, 11) is 0. The lowest BCUT2D eigenvalue weighted by Crippen LogP contribution is -2.54. The molecule has 1 aromatic heterocycles. The molecule has 36 heavy (non-hydrogen) atoms. The van der Waals surface area contributed by atoms with E-state index in [1.807, 2.05) is 17.2 Å². The minimum Gasteiger partial charge on any atom is -0.466 e. The maximum Gasteiger partial charge on any atom is 0.305 e. The van der Waals surface area contributed by atoms with Crippen LogP contribution in [0.3, 0.4) is 0 Å². The zero-order valence-corrected chi connectivity index (χ0v) is 22.0. The number of hydrogen-bond donors (Lipinski definition) is 1. The number of carbonyl (C=O) groups is 2. The summed E-state index contributed by atoms with van der Waals surface area (Å²) >= 11 is 0. The summed E-state index contributed by atoms with van der Waals surface area (Å²) in [5.41, 5.74) is 0. The highest BCUT2D eigenvalue weighted by atomic mass is 16.5. The van der Waals surface area contributed by atoms with Crippen LogP contribution in [0.15, 0.2) is 12.3 Å². The predicted molar refractivity (Wildman–Crippen MR) is 141 cm³/mol. The van der Waals surface area contributed by atoms with E-state index in [-0.39, 0.29) is 11.9 Å². The van der Waals surface area contributed by atoms with E-state index < -0.39 is 0 Å². The van der Waals surface area contributed by atoms with Gasteiger partial charge in [0.15, 0.2) is 0 Å². The molecule has 3 fully saturated rings. The van der Waals surface area contributed by atoms with Crippen molar-refractivity contribution in [1.29, 1.82) is 0 Å². The number of piperidine rings is 2. The van der Waals surface area contributed by atoms with Gasteiger partial charge in [0.2, 0.25) is 11.9 Å². The maximum atomic E-state index is 12.8. The van der Waals surface area contributed by atoms with Gasteiger partial charge in [0, 0.05) is 63.8 Å². The highest BCUT2D eigenvalue weighted by molar-refractivity contribution is 5.77. The second-order valence-corrected chi connectivity index (χ2v) is 10.4. The summed E-state index contributed by atoms with van der Waals surface area (Å²) < 4.78 is 4.97. The number of hydrogen-bond acceptors (Lipinski definition) is 8. The minimum absolute atomic E-state index is 0.161. The zero-order chi connectivity index (χ0) is 25.2. The van der Waals surface area contributed by atoms with Gasteiger partial charge in [-0.1, -0.05) is 12.8 Å². The van der Waals surface area contributed by atoms with Gasteiger partial charge in [0.25, 0.3) is 0 Å². The average molecular weight is 501 g/mol. The van der Waals surface area contributed by atoms with E-state index in [1.165, 1.54) is 25.7 Å². The molecule has 0 radical (unpaired) electrons. The summed E-state index contributed by atoms with van der Waals surface area (Å²) in [6.45, 7) is 7.98. The van der Waals surface area contributed by atoms with Crippen LogP contribution in [0.5, 0.6) is 0 Å². The van der Waals surface area contributed by atoms with E-state index in [2.05, 4.69) is 20.1 Å². The van der Waals surface area contributed by atoms with Gasteiger partial charge in [-0.15, -0.1) is 0 Å². The molecule has 3 aliphatic rings. The molecule has 0 aromatic carbocycles. The maximum absolute atomic E-state index is 12.8. The Morgan fingerprint density at radius 1 is 1.00 bits per heavy atom. The van der Waals surface area contributed by atoms with Crippen molar-refractivity contribution in [3.8, 4) is 0 Å². The first-order valence-electron chi connectivity index (χ1n) is 14.1. The first kappa shape index (κ1) is 26.6. The molecule has 2 atom stereocenters. The fourth-order valence-electron chi connectivity index (χ4n) is 5.79. The third kappa shape index (κ3) is 7.79. The van der Waals surface area contributed by atoms with Gasteiger partial charge in [0.05, 0.1) is 6.61 Å². The Labute approximate surface area is 216 Å². The summed E-state index contributed by atoms with van der Waals surface area (Å²) in [5, 5.41) is 3.61. The third-order valence-electron chi connectivity index (χ3n) is 7.70. The number of amides is 1. The van der Waals surface area contributed by atoms with Gasteiger partial charge in [0.1, 0.15) is 5.82 Å². The molecule has 1 aromatic rings. The molecule has 9 nitrogen and oxygen atoms in total. The van der Waals surface area contributed by atoms with Crippen molar-refractivity contribution in [3.05, 3.63) is 12.3 Å². The molecule has 1 amide bonds. The molecule has 4 heterocycles. The molecular weight excluding hydrogens is 456 g/mol. The van der Waals surface area contributed by atoms with E-state index in [0.29, 0.717) is 38.0 Å². The molecule has 4 rings (SSSR count). The van der Waals surface area contributed by atoms with Crippen LogP contribution in [0.1, 0.15) is 77.6 Å². The Morgan fingerprint density at radius 2 is 1.81 bits per heavy atom. The highest BCUT2D eigenvalue weighted by Gasteiger charge is 2.31. The zero-order valence-electron chi connectivity index (χ0n) is 22.0. The lowest BCUT2D eigenvalue weighted by Gasteiger charge is -2.43. The predicted octanol–water partition coefficient (Wildman–Crippen LogP) is 3.46. The number of rotatable bonds is 9. The average Bonchev–Trinajstić information content (AvgIpc) is 3.19. The Balaban J connectivity index is 1.26. The van der Waals surface area contributed by atoms with Crippen LogP contribution in [-0.4, -0.2) is 89.6 Å². The first-order valence-corrected chi connectivity index (χ1v) is 14.1. The monoisotopic (exact) mass is 500 g/mol. The molecule has 0 aliphatic carbocycles. The molecular formula is C27H44N6O3. The van der Waals surface area contributed by atoms with Crippen LogP contribution in [0.2, 0.25) is 0 Å². The van der Waals surface area contributed by atoms with Crippen LogP contribution in [-0.2, 0) is 14.3 Å². The second kappa shape index (κ2) is 13.8. The van der Waals surface area contributed by atoms with E-state index in [4.69, 9.17) is 9.72 Å². The molecule has 3 saturated heterocycles. The van der Waals surface area contributed by atoms with Gasteiger partial charge in [-0.25, -0.2) is 4.98 Å². The molecule has 9 heteroatoms. The minimum atomic E-state index is -0.213. The topological polar surface area (TPSA) is 90.9 Å². The molecule has 2 unspecified atom stereocenters. The fraction of sp³-hybridized carbons (Fsp3) is 0.778. The molecule has 0 saturated carbocycles. The Hall–Kier alpha value is -2.42. The van der Waals surface area contributed by atoms with Crippen molar-refractivity contribution >= 4 is 23.6 Å². The number of aromatic nitrogens is 2. The fourth-order valence-corrected chi connectivity index (χ4v) is 5.79. The SMILES string of the molecule is CCOC(=O)CCCC(=O)N1CCCC(N2CCCC(Nc3nccc(N4CCCCCC4)n3)C2)C1. The van der Waals surface area contributed by atoms with E-state index in [9.17, 15) is 9.59 Å². The number of anilines is 2.